The third-order valence-corrected chi connectivity index (χ3v) is 3.59. The number of primary amides is 1. The lowest BCUT2D eigenvalue weighted by molar-refractivity contribution is 0.0999. The lowest BCUT2D eigenvalue weighted by Gasteiger charge is -2.14. The van der Waals surface area contributed by atoms with Crippen molar-refractivity contribution in [3.63, 3.8) is 0 Å². The maximum Gasteiger partial charge on any atom is 0.252 e. The maximum atomic E-state index is 11.8. The van der Waals surface area contributed by atoms with Gasteiger partial charge in [-0.05, 0) is 25.1 Å². The first-order valence-corrected chi connectivity index (χ1v) is 7.59. The fourth-order valence-corrected chi connectivity index (χ4v) is 2.49. The molecule has 0 atom stereocenters. The van der Waals surface area contributed by atoms with E-state index >= 15 is 0 Å². The number of carbonyl (C=O) groups excluding carboxylic acids is 1. The van der Waals surface area contributed by atoms with Gasteiger partial charge in [-0.1, -0.05) is 15.9 Å². The smallest absolute Gasteiger partial charge is 0.252 e. The van der Waals surface area contributed by atoms with Crippen molar-refractivity contribution in [1.29, 1.82) is 0 Å². The molecule has 0 aliphatic heterocycles. The molecule has 0 fully saturated rings. The predicted octanol–water partition coefficient (Wildman–Crippen LogP) is 1.92. The van der Waals surface area contributed by atoms with Crippen LogP contribution in [0.25, 0.3) is 11.3 Å². The van der Waals surface area contributed by atoms with E-state index in [0.29, 0.717) is 35.9 Å². The van der Waals surface area contributed by atoms with Gasteiger partial charge >= 0.3 is 0 Å². The van der Waals surface area contributed by atoms with Crippen LogP contribution in [0, 0.1) is 6.92 Å². The lowest BCUT2D eigenvalue weighted by atomic mass is 10.0. The van der Waals surface area contributed by atoms with Crippen LogP contribution in [0.3, 0.4) is 0 Å². The molecule has 0 spiro atoms. The van der Waals surface area contributed by atoms with Crippen LogP contribution in [-0.4, -0.2) is 36.2 Å². The second kappa shape index (κ2) is 7.38. The summed E-state index contributed by atoms with van der Waals surface area (Å²) in [6.07, 6.45) is 0. The fourth-order valence-electron chi connectivity index (χ4n) is 2.13. The molecule has 0 saturated heterocycles. The van der Waals surface area contributed by atoms with Crippen molar-refractivity contribution in [2.75, 3.05) is 26.1 Å². The number of hydrogen-bond donors (Lipinski definition) is 2. The van der Waals surface area contributed by atoms with E-state index in [1.54, 1.807) is 26.2 Å². The van der Waals surface area contributed by atoms with E-state index in [1.165, 1.54) is 0 Å². The van der Waals surface area contributed by atoms with Crippen molar-refractivity contribution in [3.05, 3.63) is 33.9 Å². The van der Waals surface area contributed by atoms with Crippen LogP contribution in [0.1, 0.15) is 16.1 Å². The van der Waals surface area contributed by atoms with Gasteiger partial charge in [0.1, 0.15) is 12.4 Å². The number of rotatable bonds is 6. The van der Waals surface area contributed by atoms with Crippen molar-refractivity contribution >= 4 is 27.8 Å². The van der Waals surface area contributed by atoms with Crippen molar-refractivity contribution in [2.45, 2.75) is 6.92 Å². The molecule has 0 aliphatic rings. The van der Waals surface area contributed by atoms with E-state index in [2.05, 4.69) is 25.9 Å². The molecule has 1 heterocycles. The second-order valence-electron chi connectivity index (χ2n) is 4.74. The zero-order valence-electron chi connectivity index (χ0n) is 12.8. The van der Waals surface area contributed by atoms with Gasteiger partial charge in [0.15, 0.2) is 0 Å². The third kappa shape index (κ3) is 3.96. The van der Waals surface area contributed by atoms with Crippen LogP contribution < -0.4 is 16.2 Å². The highest BCUT2D eigenvalue weighted by atomic mass is 79.9. The summed E-state index contributed by atoms with van der Waals surface area (Å²) in [5.41, 5.74) is 12.8. The first-order chi connectivity index (χ1) is 10.9. The monoisotopic (exact) mass is 380 g/mol. The van der Waals surface area contributed by atoms with Crippen molar-refractivity contribution < 1.29 is 14.3 Å². The largest absolute Gasteiger partial charge is 0.490 e. The Labute approximate surface area is 142 Å². The van der Waals surface area contributed by atoms with E-state index in [9.17, 15) is 4.79 Å². The summed E-state index contributed by atoms with van der Waals surface area (Å²) < 4.78 is 11.5. The van der Waals surface area contributed by atoms with E-state index < -0.39 is 5.91 Å². The highest BCUT2D eigenvalue weighted by Crippen LogP contribution is 2.34. The number of hydrogen-bond acceptors (Lipinski definition) is 6. The number of carbonyl (C=O) groups is 1. The summed E-state index contributed by atoms with van der Waals surface area (Å²) in [5, 5.41) is 0. The number of aromatic nitrogens is 2. The average molecular weight is 381 g/mol. The van der Waals surface area contributed by atoms with E-state index in [4.69, 9.17) is 20.9 Å². The highest BCUT2D eigenvalue weighted by Gasteiger charge is 2.20. The van der Waals surface area contributed by atoms with Crippen molar-refractivity contribution in [2.24, 2.45) is 5.73 Å². The van der Waals surface area contributed by atoms with E-state index in [0.717, 1.165) is 4.47 Å². The van der Waals surface area contributed by atoms with Gasteiger partial charge in [0.05, 0.1) is 23.6 Å². The van der Waals surface area contributed by atoms with Gasteiger partial charge in [-0.2, -0.15) is 0 Å². The molecule has 0 aliphatic carbocycles. The van der Waals surface area contributed by atoms with Crippen molar-refractivity contribution in [1.82, 2.24) is 9.97 Å². The maximum absolute atomic E-state index is 11.8. The Morgan fingerprint density at radius 2 is 2.04 bits per heavy atom. The second-order valence-corrected chi connectivity index (χ2v) is 5.65. The minimum Gasteiger partial charge on any atom is -0.490 e. The van der Waals surface area contributed by atoms with Crippen LogP contribution in [-0.2, 0) is 4.74 Å². The highest BCUT2D eigenvalue weighted by molar-refractivity contribution is 9.10. The van der Waals surface area contributed by atoms with Crippen LogP contribution in [0.15, 0.2) is 22.7 Å². The number of anilines is 1. The Balaban J connectivity index is 2.61. The Kier molecular flexibility index (Phi) is 5.51. The molecule has 2 aromatic rings. The van der Waals surface area contributed by atoms with Gasteiger partial charge in [0.25, 0.3) is 5.91 Å². The van der Waals surface area contributed by atoms with Gasteiger partial charge in [0.2, 0.25) is 5.95 Å². The first kappa shape index (κ1) is 17.2. The topological polar surface area (TPSA) is 113 Å². The predicted molar refractivity (Wildman–Crippen MR) is 90.2 cm³/mol. The summed E-state index contributed by atoms with van der Waals surface area (Å²) in [4.78, 5) is 20.0. The quantitative estimate of drug-likeness (QED) is 0.739. The van der Waals surface area contributed by atoms with Gasteiger partial charge < -0.3 is 20.9 Å². The number of aryl methyl sites for hydroxylation is 1. The molecule has 122 valence electrons. The molecule has 0 saturated carbocycles. The van der Waals surface area contributed by atoms with Crippen LogP contribution in [0.4, 0.5) is 5.95 Å². The Bertz CT molecular complexity index is 737. The third-order valence-electron chi connectivity index (χ3n) is 3.10. The lowest BCUT2D eigenvalue weighted by Crippen LogP contribution is -2.17. The summed E-state index contributed by atoms with van der Waals surface area (Å²) in [6.45, 7) is 2.45. The number of nitrogen functional groups attached to an aromatic ring is 1. The first-order valence-electron chi connectivity index (χ1n) is 6.79. The molecule has 4 N–H and O–H groups in total. The number of methoxy groups -OCH3 is 1. The summed E-state index contributed by atoms with van der Waals surface area (Å²) >= 11 is 3.40. The molecule has 1 amide bonds. The molecule has 1 aromatic carbocycles. The van der Waals surface area contributed by atoms with E-state index in [-0.39, 0.29) is 11.5 Å². The number of amides is 1. The molecule has 0 bridgehead atoms. The Morgan fingerprint density at radius 1 is 1.30 bits per heavy atom. The Hall–Kier alpha value is -2.19. The molecule has 7 nitrogen and oxygen atoms in total. The number of nitrogens with two attached hydrogens (primary N) is 2. The molecular formula is C15H17BrN4O3. The molecule has 0 unspecified atom stereocenters. The Morgan fingerprint density at radius 3 is 2.70 bits per heavy atom. The van der Waals surface area contributed by atoms with Gasteiger partial charge in [-0.15, -0.1) is 0 Å². The molecule has 23 heavy (non-hydrogen) atoms. The van der Waals surface area contributed by atoms with Gasteiger partial charge in [-0.25, -0.2) is 9.97 Å². The number of benzene rings is 1. The minimum absolute atomic E-state index is 0.0605. The standard InChI is InChI=1S/C15H17BrN4O3/c1-8-12(14(17)21)13(20-15(18)19-8)10-7-9(16)3-4-11(10)23-6-5-22-2/h3-4,7H,5-6H2,1-2H3,(H2,17,21)(H2,18,19,20). The minimum atomic E-state index is -0.625. The van der Waals surface area contributed by atoms with Crippen molar-refractivity contribution in [3.8, 4) is 17.0 Å². The summed E-state index contributed by atoms with van der Waals surface area (Å²) in [7, 11) is 1.59. The zero-order valence-corrected chi connectivity index (χ0v) is 14.4. The molecule has 2 rings (SSSR count). The number of ether oxygens (including phenoxy) is 2. The van der Waals surface area contributed by atoms with Gasteiger partial charge in [0, 0.05) is 17.1 Å². The number of halogens is 1. The van der Waals surface area contributed by atoms with Gasteiger partial charge in [-0.3, -0.25) is 4.79 Å². The molecule has 0 radical (unpaired) electrons. The summed E-state index contributed by atoms with van der Waals surface area (Å²) in [5.74, 6) is -0.0177. The zero-order chi connectivity index (χ0) is 17.0. The molecule has 1 aromatic heterocycles. The molecular weight excluding hydrogens is 364 g/mol. The number of nitrogens with zero attached hydrogens (tertiary/aromatic N) is 2. The normalized spacial score (nSPS) is 10.6. The molecule has 8 heteroatoms. The summed E-state index contributed by atoms with van der Waals surface area (Å²) in [6, 6.07) is 5.39. The SMILES string of the molecule is COCCOc1ccc(Br)cc1-c1nc(N)nc(C)c1C(N)=O. The average Bonchev–Trinajstić information content (AvgIpc) is 2.47. The van der Waals surface area contributed by atoms with Crippen LogP contribution in [0.2, 0.25) is 0 Å². The fraction of sp³-hybridized carbons (Fsp3) is 0.267. The van der Waals surface area contributed by atoms with Crippen LogP contribution >= 0.6 is 15.9 Å². The van der Waals surface area contributed by atoms with Crippen LogP contribution in [0.5, 0.6) is 5.75 Å². The van der Waals surface area contributed by atoms with E-state index in [1.807, 2.05) is 6.07 Å².